The average Bonchev–Trinajstić information content (AvgIpc) is 3.17. The van der Waals surface area contributed by atoms with Crippen molar-refractivity contribution in [3.05, 3.63) is 95.6 Å². The molecule has 0 saturated heterocycles. The fourth-order valence-corrected chi connectivity index (χ4v) is 3.95. The predicted molar refractivity (Wildman–Crippen MR) is 138 cm³/mol. The number of ether oxygens (including phenoxy) is 1. The first kappa shape index (κ1) is 23.9. The van der Waals surface area contributed by atoms with Gasteiger partial charge >= 0.3 is 6.61 Å². The molecule has 0 aliphatic rings. The molecular formula is C27H22F2N6O2. The third-order valence-corrected chi connectivity index (χ3v) is 5.69. The largest absolute Gasteiger partial charge is 0.434 e. The van der Waals surface area contributed by atoms with Gasteiger partial charge in [-0.15, -0.1) is 0 Å². The molecule has 5 aromatic rings. The van der Waals surface area contributed by atoms with Gasteiger partial charge < -0.3 is 15.8 Å². The monoisotopic (exact) mass is 500 g/mol. The SMILES string of the molecule is Nc1c(C(=O)NCCc2ccccc2)c2nc3ccccc3nc2n1/N=C\c1ccccc1OC(F)F. The molecule has 0 radical (unpaired) electrons. The lowest BCUT2D eigenvalue weighted by Crippen LogP contribution is -2.26. The first-order valence-electron chi connectivity index (χ1n) is 11.5. The Bertz CT molecular complexity index is 1600. The molecule has 0 fully saturated rings. The Morgan fingerprint density at radius 3 is 2.43 bits per heavy atom. The topological polar surface area (TPSA) is 107 Å². The van der Waals surface area contributed by atoms with Gasteiger partial charge in [0.05, 0.1) is 17.2 Å². The number of amides is 1. The third-order valence-electron chi connectivity index (χ3n) is 5.69. The minimum atomic E-state index is -2.99. The van der Waals surface area contributed by atoms with Gasteiger partial charge in [-0.05, 0) is 36.2 Å². The first-order chi connectivity index (χ1) is 18.0. The number of carbonyl (C=O) groups is 1. The van der Waals surface area contributed by atoms with Crippen molar-refractivity contribution in [3.8, 4) is 5.75 Å². The Morgan fingerprint density at radius 2 is 1.68 bits per heavy atom. The number of alkyl halides is 2. The van der Waals surface area contributed by atoms with Crippen LogP contribution >= 0.6 is 0 Å². The lowest BCUT2D eigenvalue weighted by molar-refractivity contribution is -0.0499. The number of aromatic nitrogens is 3. The lowest BCUT2D eigenvalue weighted by atomic mass is 10.1. The van der Waals surface area contributed by atoms with Crippen molar-refractivity contribution in [3.63, 3.8) is 0 Å². The Hall–Kier alpha value is -4.86. The minimum Gasteiger partial charge on any atom is -0.434 e. The summed E-state index contributed by atoms with van der Waals surface area (Å²) in [5.74, 6) is -0.448. The molecular weight excluding hydrogens is 478 g/mol. The summed E-state index contributed by atoms with van der Waals surface area (Å²) in [6, 6.07) is 23.2. The maximum absolute atomic E-state index is 13.2. The van der Waals surface area contributed by atoms with Crippen LogP contribution in [0.1, 0.15) is 21.5 Å². The molecule has 3 aromatic carbocycles. The van der Waals surface area contributed by atoms with Gasteiger partial charge in [0.1, 0.15) is 22.6 Å². The normalized spacial score (nSPS) is 11.5. The van der Waals surface area contributed by atoms with E-state index in [9.17, 15) is 13.6 Å². The van der Waals surface area contributed by atoms with Gasteiger partial charge in [0, 0.05) is 12.1 Å². The van der Waals surface area contributed by atoms with Gasteiger partial charge in [0.2, 0.25) is 0 Å². The zero-order valence-corrected chi connectivity index (χ0v) is 19.5. The average molecular weight is 501 g/mol. The summed E-state index contributed by atoms with van der Waals surface area (Å²) in [5.41, 5.74) is 9.63. The molecule has 0 aliphatic heterocycles. The van der Waals surface area contributed by atoms with Gasteiger partial charge in [-0.2, -0.15) is 18.6 Å². The summed E-state index contributed by atoms with van der Waals surface area (Å²) < 4.78 is 31.5. The first-order valence-corrected chi connectivity index (χ1v) is 11.5. The van der Waals surface area contributed by atoms with Crippen molar-refractivity contribution in [2.24, 2.45) is 5.10 Å². The van der Waals surface area contributed by atoms with Crippen molar-refractivity contribution in [1.82, 2.24) is 20.0 Å². The van der Waals surface area contributed by atoms with Crippen LogP contribution in [0.25, 0.3) is 22.2 Å². The molecule has 186 valence electrons. The van der Waals surface area contributed by atoms with Crippen LogP contribution in [0.15, 0.2) is 84.0 Å². The molecule has 2 heterocycles. The highest BCUT2D eigenvalue weighted by molar-refractivity contribution is 6.10. The van der Waals surface area contributed by atoms with Crippen molar-refractivity contribution in [1.29, 1.82) is 0 Å². The van der Waals surface area contributed by atoms with Crippen LogP contribution in [0.3, 0.4) is 0 Å². The zero-order chi connectivity index (χ0) is 25.8. The number of rotatable bonds is 8. The van der Waals surface area contributed by atoms with E-state index in [0.29, 0.717) is 29.6 Å². The van der Waals surface area contributed by atoms with E-state index >= 15 is 0 Å². The summed E-state index contributed by atoms with van der Waals surface area (Å²) in [4.78, 5) is 22.5. The number of carbonyl (C=O) groups excluding carboxylic acids is 1. The molecule has 1 amide bonds. The maximum Gasteiger partial charge on any atom is 0.387 e. The summed E-state index contributed by atoms with van der Waals surface area (Å²) in [6.07, 6.45) is 1.96. The molecule has 10 heteroatoms. The number of hydrogen-bond acceptors (Lipinski definition) is 6. The van der Waals surface area contributed by atoms with Crippen LogP contribution in [0.2, 0.25) is 0 Å². The Balaban J connectivity index is 1.54. The number of nitrogens with one attached hydrogen (secondary N) is 1. The Morgan fingerprint density at radius 1 is 1.00 bits per heavy atom. The van der Waals surface area contributed by atoms with E-state index in [1.165, 1.54) is 17.0 Å². The fraction of sp³-hybridized carbons (Fsp3) is 0.111. The molecule has 2 aromatic heterocycles. The second-order valence-corrected chi connectivity index (χ2v) is 8.11. The van der Waals surface area contributed by atoms with Crippen molar-refractivity contribution < 1.29 is 18.3 Å². The zero-order valence-electron chi connectivity index (χ0n) is 19.5. The highest BCUT2D eigenvalue weighted by Crippen LogP contribution is 2.28. The second-order valence-electron chi connectivity index (χ2n) is 8.11. The maximum atomic E-state index is 13.2. The van der Waals surface area contributed by atoms with Crippen molar-refractivity contribution in [2.45, 2.75) is 13.0 Å². The molecule has 0 unspecified atom stereocenters. The van der Waals surface area contributed by atoms with Crippen LogP contribution in [-0.4, -0.2) is 39.9 Å². The van der Waals surface area contributed by atoms with Crippen LogP contribution in [0.5, 0.6) is 5.75 Å². The molecule has 0 saturated carbocycles. The van der Waals surface area contributed by atoms with Gasteiger partial charge in [0.25, 0.3) is 5.91 Å². The predicted octanol–water partition coefficient (Wildman–Crippen LogP) is 4.62. The Labute approximate surface area is 210 Å². The second kappa shape index (κ2) is 10.4. The van der Waals surface area contributed by atoms with Gasteiger partial charge in [0.15, 0.2) is 5.65 Å². The number of halogens is 2. The van der Waals surface area contributed by atoms with E-state index in [-0.39, 0.29) is 28.3 Å². The number of nitrogens with two attached hydrogens (primary N) is 1. The fourth-order valence-electron chi connectivity index (χ4n) is 3.95. The molecule has 37 heavy (non-hydrogen) atoms. The lowest BCUT2D eigenvalue weighted by Gasteiger charge is -2.07. The van der Waals surface area contributed by atoms with E-state index in [1.54, 1.807) is 30.3 Å². The quantitative estimate of drug-likeness (QED) is 0.302. The molecule has 0 bridgehead atoms. The molecule has 5 rings (SSSR count). The smallest absolute Gasteiger partial charge is 0.387 e. The van der Waals surface area contributed by atoms with E-state index in [2.05, 4.69) is 25.1 Å². The van der Waals surface area contributed by atoms with Gasteiger partial charge in [-0.1, -0.05) is 54.6 Å². The van der Waals surface area contributed by atoms with Gasteiger partial charge in [-0.3, -0.25) is 4.79 Å². The van der Waals surface area contributed by atoms with Crippen LogP contribution in [0, 0.1) is 0 Å². The molecule has 0 atom stereocenters. The minimum absolute atomic E-state index is 0.0195. The van der Waals surface area contributed by atoms with E-state index in [1.807, 2.05) is 42.5 Å². The Kier molecular flexibility index (Phi) is 6.71. The van der Waals surface area contributed by atoms with Crippen LogP contribution in [0.4, 0.5) is 14.6 Å². The summed E-state index contributed by atoms with van der Waals surface area (Å²) >= 11 is 0. The standard InChI is InChI=1S/C27H22F2N6O2/c28-27(29)37-21-13-7-4-10-18(21)16-32-35-24(30)22(26(36)31-15-14-17-8-2-1-3-9-17)23-25(35)34-20-12-6-5-11-19(20)33-23/h1-13,16,27H,14-15,30H2,(H,31,36)/b32-16-. The number of para-hydroxylation sites is 3. The molecule has 0 spiro atoms. The number of fused-ring (bicyclic) bond motifs is 2. The van der Waals surface area contributed by atoms with E-state index in [0.717, 1.165) is 5.56 Å². The third kappa shape index (κ3) is 5.08. The number of nitrogen functional groups attached to an aromatic ring is 1. The molecule has 3 N–H and O–H groups in total. The number of benzene rings is 3. The summed E-state index contributed by atoms with van der Waals surface area (Å²) in [7, 11) is 0. The molecule has 0 aliphatic carbocycles. The summed E-state index contributed by atoms with van der Waals surface area (Å²) in [5, 5.41) is 7.26. The van der Waals surface area contributed by atoms with Crippen molar-refractivity contribution in [2.75, 3.05) is 12.3 Å². The number of hydrogen-bond donors (Lipinski definition) is 2. The van der Waals surface area contributed by atoms with Gasteiger partial charge in [-0.25, -0.2) is 9.97 Å². The number of nitrogens with zero attached hydrogens (tertiary/aromatic N) is 4. The van der Waals surface area contributed by atoms with E-state index in [4.69, 9.17) is 5.73 Å². The summed E-state index contributed by atoms with van der Waals surface area (Å²) in [6.45, 7) is -2.60. The number of anilines is 1. The van der Waals surface area contributed by atoms with Crippen LogP contribution < -0.4 is 15.8 Å². The highest BCUT2D eigenvalue weighted by Gasteiger charge is 2.24. The van der Waals surface area contributed by atoms with Crippen molar-refractivity contribution >= 4 is 40.1 Å². The highest BCUT2D eigenvalue weighted by atomic mass is 19.3. The van der Waals surface area contributed by atoms with E-state index < -0.39 is 12.5 Å². The van der Waals surface area contributed by atoms with Crippen LogP contribution in [-0.2, 0) is 6.42 Å². The molecule has 8 nitrogen and oxygen atoms in total.